The first-order valence-corrected chi connectivity index (χ1v) is 9.42. The third kappa shape index (κ3) is 5.02. The standard InChI is InChI=1S/C24H24N2O3/c1-16-10-8-11-19(18(16)3)24(28)25-15-23(27)26-20-12-5-7-14-22(20)29-21-13-6-4-9-17(21)2/h4-14H,15H2,1-3H3,(H,25,28)(H,26,27). The molecule has 3 aromatic rings. The second-order valence-corrected chi connectivity index (χ2v) is 6.84. The smallest absolute Gasteiger partial charge is 0.251 e. The summed E-state index contributed by atoms with van der Waals surface area (Å²) in [6.45, 7) is 5.66. The number of anilines is 1. The first-order chi connectivity index (χ1) is 14.0. The summed E-state index contributed by atoms with van der Waals surface area (Å²) in [6.07, 6.45) is 0. The molecule has 0 atom stereocenters. The fraction of sp³-hybridized carbons (Fsp3) is 0.167. The Morgan fingerprint density at radius 1 is 0.793 bits per heavy atom. The van der Waals surface area contributed by atoms with Crippen LogP contribution in [0, 0.1) is 20.8 Å². The second-order valence-electron chi connectivity index (χ2n) is 6.84. The van der Waals surface area contributed by atoms with Crippen molar-refractivity contribution < 1.29 is 14.3 Å². The zero-order valence-corrected chi connectivity index (χ0v) is 16.8. The molecular formula is C24H24N2O3. The van der Waals surface area contributed by atoms with E-state index in [1.807, 2.05) is 69.3 Å². The van der Waals surface area contributed by atoms with Crippen LogP contribution in [0.25, 0.3) is 0 Å². The highest BCUT2D eigenvalue weighted by Gasteiger charge is 2.13. The van der Waals surface area contributed by atoms with Crippen molar-refractivity contribution in [2.24, 2.45) is 0 Å². The number of ether oxygens (including phenoxy) is 1. The molecular weight excluding hydrogens is 364 g/mol. The zero-order chi connectivity index (χ0) is 20.8. The highest BCUT2D eigenvalue weighted by molar-refractivity contribution is 6.00. The Morgan fingerprint density at radius 3 is 2.21 bits per heavy atom. The molecule has 0 heterocycles. The van der Waals surface area contributed by atoms with Gasteiger partial charge in [0.2, 0.25) is 5.91 Å². The largest absolute Gasteiger partial charge is 0.455 e. The molecule has 0 saturated heterocycles. The van der Waals surface area contributed by atoms with E-state index in [0.29, 0.717) is 17.0 Å². The van der Waals surface area contributed by atoms with Crippen LogP contribution in [0.15, 0.2) is 66.7 Å². The van der Waals surface area contributed by atoms with Crippen LogP contribution in [0.3, 0.4) is 0 Å². The molecule has 5 heteroatoms. The zero-order valence-electron chi connectivity index (χ0n) is 16.8. The summed E-state index contributed by atoms with van der Waals surface area (Å²) < 4.78 is 5.96. The maximum absolute atomic E-state index is 12.4. The minimum atomic E-state index is -0.329. The Kier molecular flexibility index (Phi) is 6.29. The van der Waals surface area contributed by atoms with Crippen molar-refractivity contribution >= 4 is 17.5 Å². The van der Waals surface area contributed by atoms with Gasteiger partial charge in [-0.1, -0.05) is 42.5 Å². The van der Waals surface area contributed by atoms with Gasteiger partial charge in [0, 0.05) is 5.56 Å². The van der Waals surface area contributed by atoms with Crippen molar-refractivity contribution in [2.75, 3.05) is 11.9 Å². The van der Waals surface area contributed by atoms with E-state index in [-0.39, 0.29) is 18.4 Å². The summed E-state index contributed by atoms with van der Waals surface area (Å²) in [7, 11) is 0. The third-order valence-corrected chi connectivity index (χ3v) is 4.73. The van der Waals surface area contributed by atoms with Crippen LogP contribution in [0.2, 0.25) is 0 Å². The van der Waals surface area contributed by atoms with Crippen LogP contribution in [-0.4, -0.2) is 18.4 Å². The van der Waals surface area contributed by atoms with Crippen molar-refractivity contribution in [3.8, 4) is 11.5 Å². The van der Waals surface area contributed by atoms with Gasteiger partial charge < -0.3 is 15.4 Å². The van der Waals surface area contributed by atoms with Crippen LogP contribution in [0.5, 0.6) is 11.5 Å². The van der Waals surface area contributed by atoms with Crippen LogP contribution in [-0.2, 0) is 4.79 Å². The number of nitrogens with one attached hydrogen (secondary N) is 2. The van der Waals surface area contributed by atoms with Crippen molar-refractivity contribution in [3.05, 3.63) is 89.0 Å². The number of carbonyl (C=O) groups is 2. The second kappa shape index (κ2) is 9.06. The number of aryl methyl sites for hydroxylation is 2. The number of para-hydroxylation sites is 3. The number of amides is 2. The van der Waals surface area contributed by atoms with E-state index in [0.717, 1.165) is 22.4 Å². The summed E-state index contributed by atoms with van der Waals surface area (Å²) in [6, 6.07) is 20.4. The van der Waals surface area contributed by atoms with Gasteiger partial charge in [0.25, 0.3) is 5.91 Å². The van der Waals surface area contributed by atoms with Crippen molar-refractivity contribution in [2.45, 2.75) is 20.8 Å². The molecule has 0 aliphatic rings. The molecule has 2 N–H and O–H groups in total. The lowest BCUT2D eigenvalue weighted by Crippen LogP contribution is -2.33. The first kappa shape index (κ1) is 20.1. The SMILES string of the molecule is Cc1ccccc1Oc1ccccc1NC(=O)CNC(=O)c1cccc(C)c1C. The molecule has 0 saturated carbocycles. The predicted octanol–water partition coefficient (Wildman–Crippen LogP) is 4.77. The van der Waals surface area contributed by atoms with E-state index < -0.39 is 0 Å². The van der Waals surface area contributed by atoms with E-state index in [1.54, 1.807) is 18.2 Å². The van der Waals surface area contributed by atoms with E-state index in [1.165, 1.54) is 0 Å². The Bertz CT molecular complexity index is 1040. The van der Waals surface area contributed by atoms with Crippen molar-refractivity contribution in [1.29, 1.82) is 0 Å². The fourth-order valence-electron chi connectivity index (χ4n) is 2.90. The molecule has 0 fully saturated rings. The van der Waals surface area contributed by atoms with Crippen molar-refractivity contribution in [3.63, 3.8) is 0 Å². The molecule has 29 heavy (non-hydrogen) atoms. The highest BCUT2D eigenvalue weighted by atomic mass is 16.5. The monoisotopic (exact) mass is 388 g/mol. The van der Waals surface area contributed by atoms with Gasteiger partial charge in [-0.3, -0.25) is 9.59 Å². The molecule has 2 amide bonds. The lowest BCUT2D eigenvalue weighted by molar-refractivity contribution is -0.115. The molecule has 0 radical (unpaired) electrons. The van der Waals surface area contributed by atoms with Crippen LogP contribution < -0.4 is 15.4 Å². The maximum Gasteiger partial charge on any atom is 0.251 e. The molecule has 0 bridgehead atoms. The number of hydrogen-bond donors (Lipinski definition) is 2. The van der Waals surface area contributed by atoms with Gasteiger partial charge in [-0.25, -0.2) is 0 Å². The molecule has 0 aliphatic carbocycles. The molecule has 3 aromatic carbocycles. The molecule has 148 valence electrons. The molecule has 0 unspecified atom stereocenters. The number of carbonyl (C=O) groups excluding carboxylic acids is 2. The lowest BCUT2D eigenvalue weighted by atomic mass is 10.0. The summed E-state index contributed by atoms with van der Waals surface area (Å²) in [5.74, 6) is 0.656. The minimum Gasteiger partial charge on any atom is -0.455 e. The van der Waals surface area contributed by atoms with E-state index >= 15 is 0 Å². The molecule has 0 aliphatic heterocycles. The predicted molar refractivity (Wildman–Crippen MR) is 115 cm³/mol. The van der Waals surface area contributed by atoms with Gasteiger partial charge in [-0.2, -0.15) is 0 Å². The Labute approximate surface area is 170 Å². The molecule has 3 rings (SSSR count). The van der Waals surface area contributed by atoms with Crippen LogP contribution in [0.1, 0.15) is 27.0 Å². The van der Waals surface area contributed by atoms with Crippen LogP contribution in [0.4, 0.5) is 5.69 Å². The molecule has 0 spiro atoms. The topological polar surface area (TPSA) is 67.4 Å². The number of rotatable bonds is 6. The quantitative estimate of drug-likeness (QED) is 0.639. The van der Waals surface area contributed by atoms with Gasteiger partial charge in [0.1, 0.15) is 5.75 Å². The van der Waals surface area contributed by atoms with Gasteiger partial charge in [-0.15, -0.1) is 0 Å². The summed E-state index contributed by atoms with van der Waals surface area (Å²) in [4.78, 5) is 24.8. The minimum absolute atomic E-state index is 0.134. The van der Waals surface area contributed by atoms with Crippen LogP contribution >= 0.6 is 0 Å². The number of benzene rings is 3. The number of hydrogen-bond acceptors (Lipinski definition) is 3. The van der Waals surface area contributed by atoms with Crippen molar-refractivity contribution in [1.82, 2.24) is 5.32 Å². The Hall–Kier alpha value is -3.60. The third-order valence-electron chi connectivity index (χ3n) is 4.73. The lowest BCUT2D eigenvalue weighted by Gasteiger charge is -2.14. The average molecular weight is 388 g/mol. The van der Waals surface area contributed by atoms with Gasteiger partial charge >= 0.3 is 0 Å². The van der Waals surface area contributed by atoms with Gasteiger partial charge in [-0.05, 0) is 61.7 Å². The molecule has 0 aromatic heterocycles. The average Bonchev–Trinajstić information content (AvgIpc) is 2.71. The summed E-state index contributed by atoms with van der Waals surface area (Å²) in [5, 5.41) is 5.48. The first-order valence-electron chi connectivity index (χ1n) is 9.42. The Morgan fingerprint density at radius 2 is 1.45 bits per heavy atom. The summed E-state index contributed by atoms with van der Waals surface area (Å²) in [5.41, 5.74) is 4.05. The fourth-order valence-corrected chi connectivity index (χ4v) is 2.90. The summed E-state index contributed by atoms with van der Waals surface area (Å²) >= 11 is 0. The molecule has 5 nitrogen and oxygen atoms in total. The van der Waals surface area contributed by atoms with E-state index in [2.05, 4.69) is 10.6 Å². The van der Waals surface area contributed by atoms with Gasteiger partial charge in [0.15, 0.2) is 5.75 Å². The van der Waals surface area contributed by atoms with E-state index in [4.69, 9.17) is 4.74 Å². The van der Waals surface area contributed by atoms with Gasteiger partial charge in [0.05, 0.1) is 12.2 Å². The highest BCUT2D eigenvalue weighted by Crippen LogP contribution is 2.30. The van der Waals surface area contributed by atoms with E-state index in [9.17, 15) is 9.59 Å². The normalized spacial score (nSPS) is 10.3. The Balaban J connectivity index is 1.65. The maximum atomic E-state index is 12.4.